The van der Waals surface area contributed by atoms with E-state index in [1.54, 1.807) is 0 Å². The summed E-state index contributed by atoms with van der Waals surface area (Å²) >= 11 is 0. The highest BCUT2D eigenvalue weighted by Gasteiger charge is 2.45. The van der Waals surface area contributed by atoms with Crippen molar-refractivity contribution in [2.24, 2.45) is 0 Å². The summed E-state index contributed by atoms with van der Waals surface area (Å²) in [7, 11) is 0. The number of aliphatic hydroxyl groups is 4. The van der Waals surface area contributed by atoms with Gasteiger partial charge in [0.2, 0.25) is 0 Å². The molecule has 0 spiro atoms. The number of benzene rings is 1. The third kappa shape index (κ3) is 2.62. The lowest BCUT2D eigenvalue weighted by atomic mass is 9.95. The van der Waals surface area contributed by atoms with Crippen molar-refractivity contribution in [3.05, 3.63) is 36.2 Å². The largest absolute Gasteiger partial charge is 0.394 e. The number of H-pyrrole nitrogens is 1. The minimum Gasteiger partial charge on any atom is -0.394 e. The van der Waals surface area contributed by atoms with E-state index in [-0.39, 0.29) is 5.82 Å². The van der Waals surface area contributed by atoms with Gasteiger partial charge in [-0.2, -0.15) is 5.10 Å². The van der Waals surface area contributed by atoms with Crippen LogP contribution in [0.3, 0.4) is 0 Å². The van der Waals surface area contributed by atoms with Crippen LogP contribution in [-0.4, -0.2) is 66.6 Å². The van der Waals surface area contributed by atoms with E-state index >= 15 is 0 Å². The predicted octanol–water partition coefficient (Wildman–Crippen LogP) is -1.01. The van der Waals surface area contributed by atoms with Crippen LogP contribution in [0.25, 0.3) is 11.4 Å². The highest BCUT2D eigenvalue weighted by Crippen LogP contribution is 2.31. The normalized spacial score (nSPS) is 32.1. The van der Waals surface area contributed by atoms with Crippen LogP contribution >= 0.6 is 0 Å². The fraction of sp³-hybridized carbons (Fsp3) is 0.429. The number of ether oxygens (including phenoxy) is 1. The van der Waals surface area contributed by atoms with Crippen LogP contribution in [0.5, 0.6) is 0 Å². The lowest BCUT2D eigenvalue weighted by Crippen LogP contribution is -2.55. The molecule has 0 unspecified atom stereocenters. The van der Waals surface area contributed by atoms with E-state index in [1.165, 1.54) is 0 Å². The first kappa shape index (κ1) is 15.1. The van der Waals surface area contributed by atoms with Gasteiger partial charge in [0.15, 0.2) is 11.6 Å². The molecule has 1 fully saturated rings. The van der Waals surface area contributed by atoms with Crippen LogP contribution in [-0.2, 0) is 4.74 Å². The molecule has 118 valence electrons. The SMILES string of the molecule is OC[C@H]1O[C@@H](c2nc(-c3ccccc3)n[nH]2)[C@H](O)[C@@H](O)[C@@H]1O. The van der Waals surface area contributed by atoms with Crippen LogP contribution in [0.15, 0.2) is 30.3 Å². The van der Waals surface area contributed by atoms with Gasteiger partial charge in [-0.1, -0.05) is 30.3 Å². The molecule has 1 aliphatic rings. The van der Waals surface area contributed by atoms with Gasteiger partial charge in [0.1, 0.15) is 30.5 Å². The summed E-state index contributed by atoms with van der Waals surface area (Å²) in [5.74, 6) is 0.642. The minimum atomic E-state index is -1.44. The summed E-state index contributed by atoms with van der Waals surface area (Å²) < 4.78 is 5.42. The van der Waals surface area contributed by atoms with E-state index in [0.717, 1.165) is 5.56 Å². The molecule has 0 radical (unpaired) electrons. The summed E-state index contributed by atoms with van der Waals surface area (Å²) in [6.45, 7) is -0.485. The Balaban J connectivity index is 1.86. The number of nitrogens with one attached hydrogen (secondary N) is 1. The fourth-order valence-corrected chi connectivity index (χ4v) is 2.45. The van der Waals surface area contributed by atoms with Crippen molar-refractivity contribution in [3.8, 4) is 11.4 Å². The van der Waals surface area contributed by atoms with E-state index in [4.69, 9.17) is 4.74 Å². The molecule has 22 heavy (non-hydrogen) atoms. The lowest BCUT2D eigenvalue weighted by molar-refractivity contribution is -0.233. The molecule has 8 nitrogen and oxygen atoms in total. The molecule has 8 heteroatoms. The van der Waals surface area contributed by atoms with Crippen LogP contribution in [0.4, 0.5) is 0 Å². The number of hydrogen-bond donors (Lipinski definition) is 5. The lowest BCUT2D eigenvalue weighted by Gasteiger charge is -2.38. The molecule has 2 heterocycles. The molecular formula is C14H17N3O5. The van der Waals surface area contributed by atoms with E-state index < -0.39 is 37.1 Å². The zero-order chi connectivity index (χ0) is 15.7. The van der Waals surface area contributed by atoms with Crippen LogP contribution in [0.2, 0.25) is 0 Å². The summed E-state index contributed by atoms with van der Waals surface area (Å²) in [5, 5.41) is 45.5. The van der Waals surface area contributed by atoms with Gasteiger partial charge < -0.3 is 25.2 Å². The maximum absolute atomic E-state index is 10.1. The Kier molecular flexibility index (Phi) is 4.19. The summed E-state index contributed by atoms with van der Waals surface area (Å²) in [6.07, 6.45) is -6.21. The first-order valence-electron chi connectivity index (χ1n) is 6.90. The number of nitrogens with zero attached hydrogens (tertiary/aromatic N) is 2. The van der Waals surface area contributed by atoms with Gasteiger partial charge in [0.05, 0.1) is 6.61 Å². The number of rotatable bonds is 3. The average molecular weight is 307 g/mol. The number of aliphatic hydroxyl groups excluding tert-OH is 4. The second kappa shape index (κ2) is 6.11. The second-order valence-corrected chi connectivity index (χ2v) is 5.16. The summed E-state index contributed by atoms with van der Waals surface area (Å²) in [4.78, 5) is 4.26. The van der Waals surface area contributed by atoms with Gasteiger partial charge in [-0.15, -0.1) is 0 Å². The topological polar surface area (TPSA) is 132 Å². The minimum absolute atomic E-state index is 0.218. The quantitative estimate of drug-likeness (QED) is 0.490. The third-order valence-corrected chi connectivity index (χ3v) is 3.70. The number of aromatic nitrogens is 3. The third-order valence-electron chi connectivity index (χ3n) is 3.70. The van der Waals surface area contributed by atoms with E-state index in [2.05, 4.69) is 15.2 Å². The molecule has 0 amide bonds. The van der Waals surface area contributed by atoms with Gasteiger partial charge in [0.25, 0.3) is 0 Å². The van der Waals surface area contributed by atoms with Crippen LogP contribution < -0.4 is 0 Å². The molecule has 2 aromatic rings. The van der Waals surface area contributed by atoms with Gasteiger partial charge >= 0.3 is 0 Å². The van der Waals surface area contributed by atoms with E-state index in [1.807, 2.05) is 30.3 Å². The highest BCUT2D eigenvalue weighted by molar-refractivity contribution is 5.53. The van der Waals surface area contributed by atoms with Crippen molar-refractivity contribution in [3.63, 3.8) is 0 Å². The van der Waals surface area contributed by atoms with Gasteiger partial charge in [-0.3, -0.25) is 5.10 Å². The molecule has 1 saturated heterocycles. The monoisotopic (exact) mass is 307 g/mol. The molecule has 5 atom stereocenters. The molecular weight excluding hydrogens is 290 g/mol. The number of hydrogen-bond acceptors (Lipinski definition) is 7. The number of aromatic amines is 1. The Labute approximate surface area is 126 Å². The smallest absolute Gasteiger partial charge is 0.181 e. The van der Waals surface area contributed by atoms with E-state index in [0.29, 0.717) is 5.82 Å². The second-order valence-electron chi connectivity index (χ2n) is 5.16. The Morgan fingerprint density at radius 1 is 1.05 bits per heavy atom. The Hall–Kier alpha value is -1.84. The maximum Gasteiger partial charge on any atom is 0.181 e. The van der Waals surface area contributed by atoms with Crippen LogP contribution in [0, 0.1) is 0 Å². The summed E-state index contributed by atoms with van der Waals surface area (Å²) in [5.41, 5.74) is 0.787. The molecule has 5 N–H and O–H groups in total. The molecule has 0 aliphatic carbocycles. The van der Waals surface area contributed by atoms with Crippen molar-refractivity contribution in [1.82, 2.24) is 15.2 Å². The van der Waals surface area contributed by atoms with E-state index in [9.17, 15) is 20.4 Å². The van der Waals surface area contributed by atoms with Gasteiger partial charge in [-0.25, -0.2) is 4.98 Å². The van der Waals surface area contributed by atoms with Crippen molar-refractivity contribution in [2.45, 2.75) is 30.5 Å². The standard InChI is InChI=1S/C14H17N3O5/c18-6-8-9(19)10(20)11(21)12(22-8)14-15-13(16-17-14)7-4-2-1-3-5-7/h1-5,8-12,18-21H,6H2,(H,15,16,17)/t8-,9-,10+,11-,12-/m1/s1. The van der Waals surface area contributed by atoms with Crippen LogP contribution in [0.1, 0.15) is 11.9 Å². The van der Waals surface area contributed by atoms with Crippen molar-refractivity contribution >= 4 is 0 Å². The Bertz CT molecular complexity index is 618. The molecule has 1 aromatic heterocycles. The first-order chi connectivity index (χ1) is 10.6. The Morgan fingerprint density at radius 3 is 2.45 bits per heavy atom. The first-order valence-corrected chi connectivity index (χ1v) is 6.90. The predicted molar refractivity (Wildman–Crippen MR) is 74.5 cm³/mol. The van der Waals surface area contributed by atoms with Crippen molar-refractivity contribution in [1.29, 1.82) is 0 Å². The van der Waals surface area contributed by atoms with Crippen molar-refractivity contribution < 1.29 is 25.2 Å². The molecule has 0 bridgehead atoms. The molecule has 0 saturated carbocycles. The highest BCUT2D eigenvalue weighted by atomic mass is 16.5. The molecule has 1 aliphatic heterocycles. The fourth-order valence-electron chi connectivity index (χ4n) is 2.45. The van der Waals surface area contributed by atoms with Gasteiger partial charge in [0, 0.05) is 5.56 Å². The Morgan fingerprint density at radius 2 is 1.77 bits per heavy atom. The molecule has 3 rings (SSSR count). The summed E-state index contributed by atoms with van der Waals surface area (Å²) in [6, 6.07) is 9.23. The zero-order valence-corrected chi connectivity index (χ0v) is 11.6. The zero-order valence-electron chi connectivity index (χ0n) is 11.6. The van der Waals surface area contributed by atoms with Crippen molar-refractivity contribution in [2.75, 3.05) is 6.61 Å². The maximum atomic E-state index is 10.1. The average Bonchev–Trinajstić information content (AvgIpc) is 3.04. The van der Waals surface area contributed by atoms with Gasteiger partial charge in [-0.05, 0) is 0 Å². The molecule has 1 aromatic carbocycles.